The van der Waals surface area contributed by atoms with Gasteiger partial charge in [0.15, 0.2) is 0 Å². The third kappa shape index (κ3) is 3.79. The smallest absolute Gasteiger partial charge is 0.224 e. The number of carbonyl (C=O) groups is 1. The lowest BCUT2D eigenvalue weighted by Crippen LogP contribution is -2.37. The number of para-hydroxylation sites is 1. The number of H-pyrrole nitrogens is 1. The maximum atomic E-state index is 12.4. The molecule has 0 saturated heterocycles. The first-order chi connectivity index (χ1) is 11.9. The van der Waals surface area contributed by atoms with Crippen molar-refractivity contribution in [3.63, 3.8) is 0 Å². The van der Waals surface area contributed by atoms with Crippen molar-refractivity contribution in [1.82, 2.24) is 10.3 Å². The first-order valence-corrected chi connectivity index (χ1v) is 9.26. The van der Waals surface area contributed by atoms with Gasteiger partial charge in [-0.1, -0.05) is 66.2 Å². The Kier molecular flexibility index (Phi) is 5.00. The zero-order valence-corrected chi connectivity index (χ0v) is 16.4. The lowest BCUT2D eigenvalue weighted by molar-refractivity contribution is -0.120. The maximum absolute atomic E-state index is 12.4. The second kappa shape index (κ2) is 7.04. The van der Waals surface area contributed by atoms with Crippen LogP contribution in [0.2, 0.25) is 0 Å². The summed E-state index contributed by atoms with van der Waals surface area (Å²) in [6.45, 7) is 7.04. The van der Waals surface area contributed by atoms with Crippen molar-refractivity contribution in [3.05, 3.63) is 69.8 Å². The zero-order valence-electron chi connectivity index (χ0n) is 14.8. The molecule has 0 saturated carbocycles. The Balaban J connectivity index is 1.74. The van der Waals surface area contributed by atoms with E-state index in [0.717, 1.165) is 21.2 Å². The molecule has 0 spiro atoms. The zero-order chi connectivity index (χ0) is 18.0. The van der Waals surface area contributed by atoms with E-state index < -0.39 is 0 Å². The van der Waals surface area contributed by atoms with Gasteiger partial charge >= 0.3 is 0 Å². The van der Waals surface area contributed by atoms with Gasteiger partial charge in [-0.25, -0.2) is 0 Å². The van der Waals surface area contributed by atoms with E-state index in [0.29, 0.717) is 13.0 Å². The molecule has 130 valence electrons. The average molecular weight is 399 g/mol. The van der Waals surface area contributed by atoms with Crippen LogP contribution in [0.25, 0.3) is 10.9 Å². The number of nitrogens with one attached hydrogen (secondary N) is 2. The first kappa shape index (κ1) is 17.7. The minimum absolute atomic E-state index is 0.0393. The summed E-state index contributed by atoms with van der Waals surface area (Å²) in [5.41, 5.74) is 4.41. The van der Waals surface area contributed by atoms with E-state index in [1.165, 1.54) is 10.9 Å². The minimum atomic E-state index is -0.159. The molecule has 1 aromatic heterocycles. The Morgan fingerprint density at radius 2 is 1.80 bits per heavy atom. The number of aryl methyl sites for hydroxylation is 1. The van der Waals surface area contributed by atoms with Crippen molar-refractivity contribution in [2.45, 2.75) is 32.6 Å². The monoisotopic (exact) mass is 398 g/mol. The molecule has 0 bridgehead atoms. The fraction of sp³-hybridized carbons (Fsp3) is 0.286. The highest BCUT2D eigenvalue weighted by Gasteiger charge is 2.27. The van der Waals surface area contributed by atoms with E-state index in [1.807, 2.05) is 30.3 Å². The lowest BCUT2D eigenvalue weighted by atomic mass is 9.82. The molecule has 0 aliphatic rings. The summed E-state index contributed by atoms with van der Waals surface area (Å²) in [5.74, 6) is 0.0393. The summed E-state index contributed by atoms with van der Waals surface area (Å²) in [5, 5.41) is 4.33. The standard InChI is InChI=1S/C21H23BrN2O/c1-14-20(16-9-5-7-11-18(16)24-14)21(2,3)13-23-19(25)12-15-8-4-6-10-17(15)22/h4-11,24H,12-13H2,1-3H3,(H,23,25). The van der Waals surface area contributed by atoms with Crippen molar-refractivity contribution in [3.8, 4) is 0 Å². The first-order valence-electron chi connectivity index (χ1n) is 8.46. The number of hydrogen-bond donors (Lipinski definition) is 2. The molecule has 0 fully saturated rings. The molecule has 0 atom stereocenters. The average Bonchev–Trinajstić information content (AvgIpc) is 2.92. The quantitative estimate of drug-likeness (QED) is 0.632. The molecular weight excluding hydrogens is 376 g/mol. The van der Waals surface area contributed by atoms with Crippen LogP contribution in [0.4, 0.5) is 0 Å². The van der Waals surface area contributed by atoms with Gasteiger partial charge < -0.3 is 10.3 Å². The Labute approximate surface area is 157 Å². The van der Waals surface area contributed by atoms with E-state index in [4.69, 9.17) is 0 Å². The summed E-state index contributed by atoms with van der Waals surface area (Å²) >= 11 is 3.50. The van der Waals surface area contributed by atoms with Gasteiger partial charge in [0, 0.05) is 33.0 Å². The summed E-state index contributed by atoms with van der Waals surface area (Å²) < 4.78 is 0.969. The second-order valence-corrected chi connectivity index (χ2v) is 7.95. The molecule has 25 heavy (non-hydrogen) atoms. The topological polar surface area (TPSA) is 44.9 Å². The number of aromatic amines is 1. The number of carbonyl (C=O) groups excluding carboxylic acids is 1. The third-order valence-corrected chi connectivity index (χ3v) is 5.38. The number of rotatable bonds is 5. The molecule has 3 rings (SSSR count). The van der Waals surface area contributed by atoms with Crippen molar-refractivity contribution < 1.29 is 4.79 Å². The highest BCUT2D eigenvalue weighted by atomic mass is 79.9. The highest BCUT2D eigenvalue weighted by Crippen LogP contribution is 2.33. The number of amides is 1. The van der Waals surface area contributed by atoms with Crippen molar-refractivity contribution in [2.24, 2.45) is 0 Å². The van der Waals surface area contributed by atoms with Crippen LogP contribution < -0.4 is 5.32 Å². The Hall–Kier alpha value is -2.07. The predicted octanol–water partition coefficient (Wildman–Crippen LogP) is 4.88. The van der Waals surface area contributed by atoms with Gasteiger partial charge in [0.1, 0.15) is 0 Å². The maximum Gasteiger partial charge on any atom is 0.224 e. The number of hydrogen-bond acceptors (Lipinski definition) is 1. The van der Waals surface area contributed by atoms with Crippen LogP contribution in [-0.2, 0) is 16.6 Å². The van der Waals surface area contributed by atoms with E-state index in [1.54, 1.807) is 0 Å². The molecule has 0 unspecified atom stereocenters. The van der Waals surface area contributed by atoms with Crippen LogP contribution in [0.1, 0.15) is 30.7 Å². The van der Waals surface area contributed by atoms with Crippen LogP contribution in [0.3, 0.4) is 0 Å². The normalized spacial score (nSPS) is 11.7. The molecule has 1 heterocycles. The largest absolute Gasteiger partial charge is 0.358 e. The van der Waals surface area contributed by atoms with Crippen LogP contribution in [0, 0.1) is 6.92 Å². The van der Waals surface area contributed by atoms with Gasteiger partial charge in [-0.05, 0) is 30.2 Å². The van der Waals surface area contributed by atoms with Crippen LogP contribution in [0.5, 0.6) is 0 Å². The Bertz CT molecular complexity index is 911. The van der Waals surface area contributed by atoms with Crippen LogP contribution in [0.15, 0.2) is 53.0 Å². The van der Waals surface area contributed by atoms with Gasteiger partial charge in [-0.15, -0.1) is 0 Å². The third-order valence-electron chi connectivity index (χ3n) is 4.61. The van der Waals surface area contributed by atoms with Crippen molar-refractivity contribution in [1.29, 1.82) is 0 Å². The fourth-order valence-corrected chi connectivity index (χ4v) is 3.86. The molecule has 2 N–H and O–H groups in total. The molecule has 0 aliphatic carbocycles. The number of halogens is 1. The van der Waals surface area contributed by atoms with Gasteiger partial charge in [-0.3, -0.25) is 4.79 Å². The SMILES string of the molecule is Cc1[nH]c2ccccc2c1C(C)(C)CNC(=O)Cc1ccccc1Br. The molecule has 4 heteroatoms. The molecular formula is C21H23BrN2O. The Morgan fingerprint density at radius 1 is 1.12 bits per heavy atom. The number of aromatic nitrogens is 1. The van der Waals surface area contributed by atoms with Gasteiger partial charge in [0.2, 0.25) is 5.91 Å². The van der Waals surface area contributed by atoms with Crippen molar-refractivity contribution >= 4 is 32.7 Å². The minimum Gasteiger partial charge on any atom is -0.358 e. The van der Waals surface area contributed by atoms with E-state index >= 15 is 0 Å². The van der Waals surface area contributed by atoms with Gasteiger partial charge in [0.25, 0.3) is 0 Å². The second-order valence-electron chi connectivity index (χ2n) is 7.10. The fourth-order valence-electron chi connectivity index (χ4n) is 3.43. The lowest BCUT2D eigenvalue weighted by Gasteiger charge is -2.26. The molecule has 0 aliphatic heterocycles. The predicted molar refractivity (Wildman–Crippen MR) is 107 cm³/mol. The molecule has 3 aromatic rings. The highest BCUT2D eigenvalue weighted by molar-refractivity contribution is 9.10. The summed E-state index contributed by atoms with van der Waals surface area (Å²) in [6, 6.07) is 16.2. The Morgan fingerprint density at radius 3 is 2.56 bits per heavy atom. The van der Waals surface area contributed by atoms with Gasteiger partial charge in [0.05, 0.1) is 6.42 Å². The van der Waals surface area contributed by atoms with Gasteiger partial charge in [-0.2, -0.15) is 0 Å². The van der Waals surface area contributed by atoms with E-state index in [2.05, 4.69) is 65.2 Å². The summed E-state index contributed by atoms with van der Waals surface area (Å²) in [6.07, 6.45) is 0.379. The molecule has 1 amide bonds. The molecule has 0 radical (unpaired) electrons. The van der Waals surface area contributed by atoms with Crippen molar-refractivity contribution in [2.75, 3.05) is 6.54 Å². The van der Waals surface area contributed by atoms with Crippen LogP contribution >= 0.6 is 15.9 Å². The van der Waals surface area contributed by atoms with E-state index in [-0.39, 0.29) is 11.3 Å². The van der Waals surface area contributed by atoms with E-state index in [9.17, 15) is 4.79 Å². The number of fused-ring (bicyclic) bond motifs is 1. The molecule has 3 nitrogen and oxygen atoms in total. The molecule has 2 aromatic carbocycles. The van der Waals surface area contributed by atoms with Crippen LogP contribution in [-0.4, -0.2) is 17.4 Å². The summed E-state index contributed by atoms with van der Waals surface area (Å²) in [7, 11) is 0. The number of benzene rings is 2. The summed E-state index contributed by atoms with van der Waals surface area (Å²) in [4.78, 5) is 15.8.